The van der Waals surface area contributed by atoms with E-state index in [-0.39, 0.29) is 18.2 Å². The minimum atomic E-state index is -4.64. The van der Waals surface area contributed by atoms with Crippen molar-refractivity contribution in [2.45, 2.75) is 44.6 Å². The minimum Gasteiger partial charge on any atom is -0.339 e. The molecule has 8 heteroatoms. The average Bonchev–Trinajstić information content (AvgIpc) is 2.62. The van der Waals surface area contributed by atoms with Gasteiger partial charge in [-0.15, -0.1) is 0 Å². The number of benzene rings is 1. The predicted molar refractivity (Wildman–Crippen MR) is 96.8 cm³/mol. The van der Waals surface area contributed by atoms with Crippen LogP contribution in [0.1, 0.15) is 37.7 Å². The van der Waals surface area contributed by atoms with E-state index in [0.717, 1.165) is 24.9 Å². The topological polar surface area (TPSA) is 96.3 Å². The lowest BCUT2D eigenvalue weighted by Crippen LogP contribution is -2.51. The monoisotopic (exact) mass is 380 g/mol. The van der Waals surface area contributed by atoms with Crippen molar-refractivity contribution in [1.82, 2.24) is 4.90 Å². The Kier molecular flexibility index (Phi) is 5.93. The second-order valence-corrected chi connectivity index (χ2v) is 8.14. The molecular formula is C18H24N2O5S. The lowest BCUT2D eigenvalue weighted by Gasteiger charge is -2.45. The van der Waals surface area contributed by atoms with Crippen molar-refractivity contribution in [3.05, 3.63) is 35.9 Å². The maximum Gasteiger partial charge on any atom is 0.466 e. The zero-order chi connectivity index (χ0) is 18.6. The number of oxime groups is 1. The molecule has 0 aromatic heterocycles. The van der Waals surface area contributed by atoms with Gasteiger partial charge in [0.1, 0.15) is 0 Å². The molecule has 7 nitrogen and oxygen atoms in total. The largest absolute Gasteiger partial charge is 0.466 e. The maximum absolute atomic E-state index is 12.8. The molecule has 2 bridgehead atoms. The van der Waals surface area contributed by atoms with Gasteiger partial charge in [0.2, 0.25) is 5.91 Å². The Morgan fingerprint density at radius 3 is 2.54 bits per heavy atom. The summed E-state index contributed by atoms with van der Waals surface area (Å²) in [4.78, 5) is 14.8. The lowest BCUT2D eigenvalue weighted by atomic mass is 9.79. The van der Waals surface area contributed by atoms with E-state index in [1.807, 2.05) is 35.2 Å². The normalized spacial score (nSPS) is 24.0. The van der Waals surface area contributed by atoms with Crippen molar-refractivity contribution in [2.24, 2.45) is 17.0 Å². The summed E-state index contributed by atoms with van der Waals surface area (Å²) in [6.45, 7) is 0.820. The van der Waals surface area contributed by atoms with Crippen LogP contribution < -0.4 is 0 Å². The van der Waals surface area contributed by atoms with E-state index in [4.69, 9.17) is 4.55 Å². The highest BCUT2D eigenvalue weighted by Gasteiger charge is 2.36. The highest BCUT2D eigenvalue weighted by molar-refractivity contribution is 7.80. The number of hydrogen-bond donors (Lipinski definition) is 1. The van der Waals surface area contributed by atoms with Gasteiger partial charge < -0.3 is 4.90 Å². The van der Waals surface area contributed by atoms with E-state index in [2.05, 4.69) is 9.44 Å². The number of fused-ring (bicyclic) bond motifs is 3. The zero-order valence-electron chi connectivity index (χ0n) is 14.5. The van der Waals surface area contributed by atoms with Crippen molar-refractivity contribution in [3.63, 3.8) is 0 Å². The smallest absolute Gasteiger partial charge is 0.339 e. The Balaban J connectivity index is 1.67. The van der Waals surface area contributed by atoms with Gasteiger partial charge in [-0.25, -0.2) is 4.28 Å². The average molecular weight is 380 g/mol. The Morgan fingerprint density at radius 2 is 1.96 bits per heavy atom. The molecule has 1 N–H and O–H groups in total. The fourth-order valence-electron chi connectivity index (χ4n) is 3.97. The quantitative estimate of drug-likeness (QED) is 0.445. The van der Waals surface area contributed by atoms with E-state index >= 15 is 0 Å². The second-order valence-electron chi connectivity index (χ2n) is 7.13. The summed E-state index contributed by atoms with van der Waals surface area (Å²) in [6.07, 6.45) is 6.60. The van der Waals surface area contributed by atoms with Crippen LogP contribution in [0.5, 0.6) is 0 Å². The molecule has 1 aliphatic carbocycles. The maximum atomic E-state index is 12.8. The van der Waals surface area contributed by atoms with Crippen LogP contribution in [0, 0.1) is 11.8 Å². The molecule has 2 saturated heterocycles. The molecule has 2 heterocycles. The molecule has 1 aromatic rings. The first-order valence-electron chi connectivity index (χ1n) is 8.93. The fraction of sp³-hybridized carbons (Fsp3) is 0.556. The van der Waals surface area contributed by atoms with Crippen LogP contribution in [0.3, 0.4) is 0 Å². The van der Waals surface area contributed by atoms with Crippen molar-refractivity contribution in [3.8, 4) is 0 Å². The molecule has 4 rings (SSSR count). The van der Waals surface area contributed by atoms with E-state index in [1.165, 1.54) is 19.1 Å². The van der Waals surface area contributed by atoms with Gasteiger partial charge in [-0.1, -0.05) is 35.5 Å². The van der Waals surface area contributed by atoms with Gasteiger partial charge >= 0.3 is 10.4 Å². The van der Waals surface area contributed by atoms with Crippen LogP contribution in [0.4, 0.5) is 0 Å². The van der Waals surface area contributed by atoms with Crippen molar-refractivity contribution >= 4 is 22.5 Å². The fourth-order valence-corrected chi connectivity index (χ4v) is 4.13. The molecule has 3 fully saturated rings. The van der Waals surface area contributed by atoms with E-state index < -0.39 is 10.4 Å². The molecule has 26 heavy (non-hydrogen) atoms. The second kappa shape index (κ2) is 8.18. The van der Waals surface area contributed by atoms with Crippen LogP contribution >= 0.6 is 0 Å². The summed E-state index contributed by atoms with van der Waals surface area (Å²) in [6, 6.07) is 9.93. The van der Waals surface area contributed by atoms with E-state index in [0.29, 0.717) is 18.4 Å². The number of amides is 1. The van der Waals surface area contributed by atoms with Crippen LogP contribution in [-0.4, -0.2) is 42.6 Å². The predicted octanol–water partition coefficient (Wildman–Crippen LogP) is 2.44. The summed E-state index contributed by atoms with van der Waals surface area (Å²) in [7, 11) is -4.64. The molecular weight excluding hydrogens is 356 g/mol. The van der Waals surface area contributed by atoms with Gasteiger partial charge in [0.15, 0.2) is 0 Å². The van der Waals surface area contributed by atoms with Gasteiger partial charge in [0.25, 0.3) is 0 Å². The molecule has 0 spiro atoms. The first-order valence-corrected chi connectivity index (χ1v) is 10.3. The van der Waals surface area contributed by atoms with E-state index in [1.54, 1.807) is 0 Å². The lowest BCUT2D eigenvalue weighted by molar-refractivity contribution is -0.139. The number of piperidine rings is 2. The van der Waals surface area contributed by atoms with Gasteiger partial charge in [-0.05, 0) is 43.6 Å². The number of rotatable bonds is 7. The van der Waals surface area contributed by atoms with Crippen LogP contribution in [0.15, 0.2) is 35.5 Å². The summed E-state index contributed by atoms with van der Waals surface area (Å²) < 4.78 is 34.0. The summed E-state index contributed by atoms with van der Waals surface area (Å²) in [5, 5.41) is 3.35. The van der Waals surface area contributed by atoms with Gasteiger partial charge in [-0.3, -0.25) is 9.35 Å². The third-order valence-corrected chi connectivity index (χ3v) is 5.49. The Hall–Kier alpha value is -1.93. The summed E-state index contributed by atoms with van der Waals surface area (Å²) in [5.41, 5.74) is 1.02. The first kappa shape index (κ1) is 18.8. The highest BCUT2D eigenvalue weighted by atomic mass is 32.3. The standard InChI is InChI=1S/C18H24N2O5S/c21-18(20-13-15-6-8-17(20)9-7-15)11-16(12-19-25-26(22,23)24)10-14-4-2-1-3-5-14/h1-5,12,15-17H,6-11,13H2,(H,22,23,24)/b19-12-/t15?,16-,17?/m0/s1. The van der Waals surface area contributed by atoms with Crippen molar-refractivity contribution in [1.29, 1.82) is 0 Å². The van der Waals surface area contributed by atoms with Gasteiger partial charge in [0, 0.05) is 31.1 Å². The molecule has 3 aliphatic rings. The Bertz CT molecular complexity index is 742. The molecule has 1 aromatic carbocycles. The third kappa shape index (κ3) is 5.28. The third-order valence-electron chi connectivity index (χ3n) is 5.22. The van der Waals surface area contributed by atoms with Crippen LogP contribution in [0.25, 0.3) is 0 Å². The summed E-state index contributed by atoms with van der Waals surface area (Å²) >= 11 is 0. The van der Waals surface area contributed by atoms with Crippen molar-refractivity contribution in [2.75, 3.05) is 6.54 Å². The Labute approximate surface area is 154 Å². The van der Waals surface area contributed by atoms with Crippen LogP contribution in [-0.2, 0) is 25.9 Å². The molecule has 0 unspecified atom stereocenters. The SMILES string of the molecule is O=C(C[C@@H](/C=N\OS(=O)(=O)O)Cc1ccccc1)N1CC2CCC1CC2. The number of nitrogens with zero attached hydrogens (tertiary/aromatic N) is 2. The number of carbonyl (C=O) groups is 1. The number of carbonyl (C=O) groups excluding carboxylic acids is 1. The molecule has 0 radical (unpaired) electrons. The molecule has 2 aliphatic heterocycles. The van der Waals surface area contributed by atoms with Gasteiger partial charge in [-0.2, -0.15) is 8.42 Å². The minimum absolute atomic E-state index is 0.0682. The van der Waals surface area contributed by atoms with Crippen molar-refractivity contribution < 1.29 is 22.0 Å². The summed E-state index contributed by atoms with van der Waals surface area (Å²) in [5.74, 6) is 0.360. The number of hydrogen-bond acceptors (Lipinski definition) is 5. The Morgan fingerprint density at radius 1 is 1.27 bits per heavy atom. The molecule has 1 atom stereocenters. The first-order chi connectivity index (χ1) is 12.4. The van der Waals surface area contributed by atoms with E-state index in [9.17, 15) is 13.2 Å². The molecule has 142 valence electrons. The van der Waals surface area contributed by atoms with Gasteiger partial charge in [0.05, 0.1) is 0 Å². The molecule has 1 saturated carbocycles. The molecule has 1 amide bonds. The van der Waals surface area contributed by atoms with Crippen LogP contribution in [0.2, 0.25) is 0 Å². The zero-order valence-corrected chi connectivity index (χ0v) is 15.3. The highest BCUT2D eigenvalue weighted by Crippen LogP contribution is 2.35.